The molecule has 2 amide bonds. The highest BCUT2D eigenvalue weighted by atomic mass is 19.3. The van der Waals surface area contributed by atoms with Crippen LogP contribution in [0.25, 0.3) is 11.4 Å². The van der Waals surface area contributed by atoms with Gasteiger partial charge in [-0.25, -0.2) is 13.8 Å². The van der Waals surface area contributed by atoms with Gasteiger partial charge >= 0.3 is 0 Å². The van der Waals surface area contributed by atoms with E-state index >= 15 is 0 Å². The molecule has 3 N–H and O–H groups in total. The Kier molecular flexibility index (Phi) is 6.00. The lowest BCUT2D eigenvalue weighted by atomic mass is 9.96. The zero-order valence-corrected chi connectivity index (χ0v) is 17.8. The number of carbonyl (C=O) groups is 2. The van der Waals surface area contributed by atoms with Gasteiger partial charge in [0.2, 0.25) is 11.8 Å². The van der Waals surface area contributed by atoms with E-state index < -0.39 is 36.2 Å². The summed E-state index contributed by atoms with van der Waals surface area (Å²) in [4.78, 5) is 29.4. The highest BCUT2D eigenvalue weighted by molar-refractivity contribution is 5.91. The number of halogens is 2. The van der Waals surface area contributed by atoms with Gasteiger partial charge < -0.3 is 25.1 Å². The average molecular weight is 449 g/mol. The van der Waals surface area contributed by atoms with Gasteiger partial charge in [0, 0.05) is 30.8 Å². The third-order valence-corrected chi connectivity index (χ3v) is 5.68. The Morgan fingerprint density at radius 3 is 2.69 bits per heavy atom. The number of rotatable bonds is 7. The van der Waals surface area contributed by atoms with Crippen molar-refractivity contribution in [3.63, 3.8) is 0 Å². The Bertz CT molecular complexity index is 1020. The minimum atomic E-state index is -2.73. The van der Waals surface area contributed by atoms with E-state index in [1.807, 2.05) is 0 Å². The van der Waals surface area contributed by atoms with Crippen LogP contribution in [0.4, 0.5) is 20.3 Å². The minimum absolute atomic E-state index is 0.169. The fraction of sp³-hybridized carbons (Fsp3) is 0.476. The van der Waals surface area contributed by atoms with Crippen molar-refractivity contribution in [2.45, 2.75) is 38.9 Å². The number of hydrogen-bond donors (Lipinski definition) is 2. The van der Waals surface area contributed by atoms with Gasteiger partial charge in [0.05, 0.1) is 25.3 Å². The van der Waals surface area contributed by atoms with Gasteiger partial charge in [-0.3, -0.25) is 14.5 Å². The Hall–Kier alpha value is -3.21. The van der Waals surface area contributed by atoms with E-state index in [1.165, 1.54) is 6.92 Å². The van der Waals surface area contributed by atoms with Crippen molar-refractivity contribution in [3.05, 3.63) is 24.4 Å². The van der Waals surface area contributed by atoms with Crippen LogP contribution in [0.15, 0.2) is 24.4 Å². The Morgan fingerprint density at radius 1 is 1.34 bits per heavy atom. The standard InChI is InChI=1S/C21H25F2N5O4/c1-11(20(24)30)25-14-3-4-15-16(7-14)32-6-5-27-8-17(26-21(15)27)28(12(2)29)18(19(22)23)13-9-31-10-13/h3-4,7-8,11,13,18-19,25H,5-6,9-10H2,1-2H3,(H2,24,30)/t11-,18-/m0/s1. The lowest BCUT2D eigenvalue weighted by Gasteiger charge is -2.38. The molecule has 1 aromatic carbocycles. The van der Waals surface area contributed by atoms with Crippen LogP contribution in [0.5, 0.6) is 5.75 Å². The lowest BCUT2D eigenvalue weighted by molar-refractivity contribution is -0.121. The van der Waals surface area contributed by atoms with Crippen molar-refractivity contribution >= 4 is 23.3 Å². The summed E-state index contributed by atoms with van der Waals surface area (Å²) in [7, 11) is 0. The van der Waals surface area contributed by atoms with E-state index in [0.717, 1.165) is 4.90 Å². The molecular formula is C21H25F2N5O4. The van der Waals surface area contributed by atoms with Crippen LogP contribution in [0.3, 0.4) is 0 Å². The summed E-state index contributed by atoms with van der Waals surface area (Å²) in [5, 5.41) is 3.00. The summed E-state index contributed by atoms with van der Waals surface area (Å²) in [6, 6.07) is 3.37. The maximum atomic E-state index is 13.9. The van der Waals surface area contributed by atoms with E-state index in [9.17, 15) is 18.4 Å². The molecule has 0 spiro atoms. The number of nitrogens with two attached hydrogens (primary N) is 1. The fourth-order valence-corrected chi connectivity index (χ4v) is 3.90. The predicted molar refractivity (Wildman–Crippen MR) is 113 cm³/mol. The highest BCUT2D eigenvalue weighted by Crippen LogP contribution is 2.37. The smallest absolute Gasteiger partial charge is 0.259 e. The summed E-state index contributed by atoms with van der Waals surface area (Å²) in [6.45, 7) is 4.02. The van der Waals surface area contributed by atoms with Gasteiger partial charge in [-0.1, -0.05) is 0 Å². The molecule has 32 heavy (non-hydrogen) atoms. The molecule has 2 aliphatic rings. The third kappa shape index (κ3) is 4.12. The van der Waals surface area contributed by atoms with E-state index in [4.69, 9.17) is 15.2 Å². The lowest BCUT2D eigenvalue weighted by Crippen LogP contribution is -2.54. The number of nitrogens with one attached hydrogen (secondary N) is 1. The van der Waals surface area contributed by atoms with Crippen LogP contribution in [0, 0.1) is 5.92 Å². The number of alkyl halides is 2. The number of aromatic nitrogens is 2. The first kappa shape index (κ1) is 22.0. The molecule has 1 saturated heterocycles. The molecule has 9 nitrogen and oxygen atoms in total. The summed E-state index contributed by atoms with van der Waals surface area (Å²) < 4.78 is 40.5. The molecule has 2 atom stereocenters. The van der Waals surface area contributed by atoms with Crippen LogP contribution in [0.2, 0.25) is 0 Å². The van der Waals surface area contributed by atoms with Crippen LogP contribution in [-0.2, 0) is 20.9 Å². The van der Waals surface area contributed by atoms with E-state index in [1.54, 1.807) is 35.9 Å². The summed E-state index contributed by atoms with van der Waals surface area (Å²) >= 11 is 0. The molecule has 2 aliphatic heterocycles. The number of carbonyl (C=O) groups excluding carboxylic acids is 2. The number of nitrogens with zero attached hydrogens (tertiary/aromatic N) is 3. The number of anilines is 2. The maximum absolute atomic E-state index is 13.9. The number of imidazole rings is 1. The summed E-state index contributed by atoms with van der Waals surface area (Å²) in [6.07, 6.45) is -1.13. The number of ether oxygens (including phenoxy) is 2. The molecule has 0 aliphatic carbocycles. The summed E-state index contributed by atoms with van der Waals surface area (Å²) in [5.74, 6) is -0.248. The molecule has 0 radical (unpaired) electrons. The normalized spacial score (nSPS) is 17.3. The SMILES string of the molecule is CC(=O)N(c1cn2c(n1)-c1ccc(N[C@@H](C)C(N)=O)cc1OCC2)[C@H](C(F)F)C1COC1. The first-order valence-corrected chi connectivity index (χ1v) is 10.3. The van der Waals surface area contributed by atoms with Crippen molar-refractivity contribution in [1.29, 1.82) is 0 Å². The van der Waals surface area contributed by atoms with Gasteiger partial charge in [0.25, 0.3) is 6.43 Å². The van der Waals surface area contributed by atoms with E-state index in [2.05, 4.69) is 10.3 Å². The van der Waals surface area contributed by atoms with E-state index in [-0.39, 0.29) is 19.0 Å². The van der Waals surface area contributed by atoms with Crippen LogP contribution >= 0.6 is 0 Å². The van der Waals surface area contributed by atoms with Crippen molar-refractivity contribution < 1.29 is 27.8 Å². The molecule has 1 aromatic heterocycles. The topological polar surface area (TPSA) is 112 Å². The van der Waals surface area contributed by atoms with Gasteiger partial charge in [-0.05, 0) is 19.1 Å². The molecule has 0 unspecified atom stereocenters. The monoisotopic (exact) mass is 449 g/mol. The second-order valence-corrected chi connectivity index (χ2v) is 7.96. The minimum Gasteiger partial charge on any atom is -0.491 e. The number of primary amides is 1. The molecule has 2 aromatic rings. The third-order valence-electron chi connectivity index (χ3n) is 5.68. The first-order chi connectivity index (χ1) is 15.3. The zero-order chi connectivity index (χ0) is 23.0. The van der Waals surface area contributed by atoms with Gasteiger partial charge in [0.15, 0.2) is 5.82 Å². The molecule has 0 saturated carbocycles. The summed E-state index contributed by atoms with van der Waals surface area (Å²) in [5.41, 5.74) is 6.60. The van der Waals surface area contributed by atoms with Crippen LogP contribution in [0.1, 0.15) is 13.8 Å². The Labute approximate surface area is 183 Å². The number of hydrogen-bond acceptors (Lipinski definition) is 6. The van der Waals surface area contributed by atoms with Gasteiger partial charge in [-0.15, -0.1) is 0 Å². The van der Waals surface area contributed by atoms with Crippen molar-refractivity contribution in [2.24, 2.45) is 11.7 Å². The van der Waals surface area contributed by atoms with Crippen molar-refractivity contribution in [1.82, 2.24) is 9.55 Å². The second-order valence-electron chi connectivity index (χ2n) is 7.96. The van der Waals surface area contributed by atoms with Crippen LogP contribution < -0.4 is 20.7 Å². The molecular weight excluding hydrogens is 424 g/mol. The average Bonchev–Trinajstić information content (AvgIpc) is 3.01. The van der Waals surface area contributed by atoms with E-state index in [0.29, 0.717) is 36.0 Å². The molecule has 4 rings (SSSR count). The molecule has 3 heterocycles. The van der Waals surface area contributed by atoms with Crippen molar-refractivity contribution in [2.75, 3.05) is 30.0 Å². The number of benzene rings is 1. The number of amides is 2. The molecule has 172 valence electrons. The number of fused-ring (bicyclic) bond motifs is 3. The zero-order valence-electron chi connectivity index (χ0n) is 17.8. The van der Waals surface area contributed by atoms with Gasteiger partial charge in [0.1, 0.15) is 30.3 Å². The molecule has 1 fully saturated rings. The van der Waals surface area contributed by atoms with Gasteiger partial charge in [-0.2, -0.15) is 0 Å². The van der Waals surface area contributed by atoms with Crippen molar-refractivity contribution in [3.8, 4) is 17.1 Å². The first-order valence-electron chi connectivity index (χ1n) is 10.3. The quantitative estimate of drug-likeness (QED) is 0.668. The Balaban J connectivity index is 1.69. The molecule has 11 heteroatoms. The predicted octanol–water partition coefficient (Wildman–Crippen LogP) is 1.86. The highest BCUT2D eigenvalue weighted by Gasteiger charge is 2.42. The fourth-order valence-electron chi connectivity index (χ4n) is 3.90. The molecule has 0 bridgehead atoms. The maximum Gasteiger partial charge on any atom is 0.259 e. The largest absolute Gasteiger partial charge is 0.491 e. The van der Waals surface area contributed by atoms with Crippen LogP contribution in [-0.4, -0.2) is 59.7 Å². The Morgan fingerprint density at radius 2 is 2.09 bits per heavy atom. The second kappa shape index (κ2) is 8.73.